The molecule has 0 amide bonds. The predicted molar refractivity (Wildman–Crippen MR) is 104 cm³/mol. The Labute approximate surface area is 150 Å². The summed E-state index contributed by atoms with van der Waals surface area (Å²) in [5, 5.41) is 5.62. The van der Waals surface area contributed by atoms with Crippen molar-refractivity contribution in [3.8, 4) is 0 Å². The van der Waals surface area contributed by atoms with Gasteiger partial charge in [-0.2, -0.15) is 5.10 Å². The monoisotopic (exact) mass is 350 g/mol. The van der Waals surface area contributed by atoms with Crippen molar-refractivity contribution in [3.05, 3.63) is 46.5 Å². The summed E-state index contributed by atoms with van der Waals surface area (Å²) in [7, 11) is 5.71. The first kappa shape index (κ1) is 16.4. The molecule has 0 saturated heterocycles. The number of anilines is 2. The quantitative estimate of drug-likeness (QED) is 0.614. The van der Waals surface area contributed by atoms with Crippen molar-refractivity contribution in [2.75, 3.05) is 11.9 Å². The molecule has 0 fully saturated rings. The summed E-state index contributed by atoms with van der Waals surface area (Å²) < 4.78 is 3.70. The van der Waals surface area contributed by atoms with Gasteiger partial charge in [0.2, 0.25) is 5.95 Å². The van der Waals surface area contributed by atoms with Gasteiger partial charge in [0.25, 0.3) is 5.56 Å². The van der Waals surface area contributed by atoms with Crippen LogP contribution >= 0.6 is 0 Å². The first-order valence-electron chi connectivity index (χ1n) is 8.74. The largest absolute Gasteiger partial charge is 0.351 e. The van der Waals surface area contributed by atoms with Crippen LogP contribution in [-0.4, -0.2) is 31.4 Å². The highest BCUT2D eigenvalue weighted by molar-refractivity contribution is 5.85. The first-order valence-corrected chi connectivity index (χ1v) is 8.74. The summed E-state index contributed by atoms with van der Waals surface area (Å²) in [5.41, 5.74) is 4.02. The molecule has 0 aliphatic heterocycles. The van der Waals surface area contributed by atoms with E-state index in [9.17, 15) is 4.79 Å². The normalized spacial score (nSPS) is 11.5. The highest BCUT2D eigenvalue weighted by Crippen LogP contribution is 2.26. The molecule has 0 spiro atoms. The van der Waals surface area contributed by atoms with Gasteiger partial charge < -0.3 is 9.47 Å². The third-order valence-electron chi connectivity index (χ3n) is 4.81. The van der Waals surface area contributed by atoms with Gasteiger partial charge in [0, 0.05) is 43.9 Å². The maximum absolute atomic E-state index is 12.6. The summed E-state index contributed by atoms with van der Waals surface area (Å²) in [4.78, 5) is 22.1. The Morgan fingerprint density at radius 3 is 2.81 bits per heavy atom. The fourth-order valence-electron chi connectivity index (χ4n) is 3.40. The fourth-order valence-corrected chi connectivity index (χ4v) is 3.40. The zero-order valence-electron chi connectivity index (χ0n) is 15.4. The highest BCUT2D eigenvalue weighted by Gasteiger charge is 2.17. The van der Waals surface area contributed by atoms with Gasteiger partial charge in [0.15, 0.2) is 5.52 Å². The number of hydrogen-bond donors (Lipinski definition) is 1. The Bertz CT molecular complexity index is 1170. The van der Waals surface area contributed by atoms with Crippen LogP contribution in [-0.2, 0) is 20.5 Å². The molecule has 26 heavy (non-hydrogen) atoms. The number of hydrogen-bond acceptors (Lipinski definition) is 4. The van der Waals surface area contributed by atoms with E-state index in [0.717, 1.165) is 35.1 Å². The number of H-pyrrole nitrogens is 1. The molecule has 3 aromatic heterocycles. The maximum Gasteiger partial charge on any atom is 0.278 e. The van der Waals surface area contributed by atoms with Gasteiger partial charge in [-0.1, -0.05) is 13.3 Å². The van der Waals surface area contributed by atoms with Crippen molar-refractivity contribution in [3.63, 3.8) is 0 Å². The van der Waals surface area contributed by atoms with Crippen LogP contribution in [0.2, 0.25) is 0 Å². The molecule has 7 heteroatoms. The van der Waals surface area contributed by atoms with E-state index in [0.29, 0.717) is 17.0 Å². The summed E-state index contributed by atoms with van der Waals surface area (Å²) in [5.74, 6) is 0.517. The molecule has 3 heterocycles. The van der Waals surface area contributed by atoms with E-state index >= 15 is 0 Å². The Hall–Kier alpha value is -3.09. The molecule has 4 aromatic rings. The van der Waals surface area contributed by atoms with E-state index in [-0.39, 0.29) is 5.56 Å². The molecule has 1 N–H and O–H groups in total. The zero-order chi connectivity index (χ0) is 18.4. The number of fused-ring (bicyclic) bond motifs is 2. The molecule has 4 rings (SSSR count). The lowest BCUT2D eigenvalue weighted by Gasteiger charge is -2.18. The molecular weight excluding hydrogens is 328 g/mol. The smallest absolute Gasteiger partial charge is 0.278 e. The SMILES string of the molecule is CCCc1nn(C)c2c(=O)[nH]c(N(C)c3ccc4c(ccn4C)c3)nc12. The van der Waals surface area contributed by atoms with Crippen LogP contribution in [0.15, 0.2) is 35.3 Å². The Morgan fingerprint density at radius 2 is 2.04 bits per heavy atom. The lowest BCUT2D eigenvalue weighted by Crippen LogP contribution is -2.19. The lowest BCUT2D eigenvalue weighted by atomic mass is 10.2. The molecule has 0 atom stereocenters. The average molecular weight is 350 g/mol. The number of aromatic amines is 1. The predicted octanol–water partition coefficient (Wildman–Crippen LogP) is 2.87. The van der Waals surface area contributed by atoms with E-state index in [1.54, 1.807) is 11.7 Å². The van der Waals surface area contributed by atoms with Gasteiger partial charge in [0.05, 0.1) is 5.69 Å². The van der Waals surface area contributed by atoms with Gasteiger partial charge >= 0.3 is 0 Å². The minimum Gasteiger partial charge on any atom is -0.351 e. The number of nitrogens with zero attached hydrogens (tertiary/aromatic N) is 5. The van der Waals surface area contributed by atoms with Crippen LogP contribution in [0.25, 0.3) is 21.9 Å². The minimum atomic E-state index is -0.171. The molecule has 7 nitrogen and oxygen atoms in total. The van der Waals surface area contributed by atoms with Gasteiger partial charge in [-0.25, -0.2) is 4.98 Å². The zero-order valence-corrected chi connectivity index (χ0v) is 15.4. The third-order valence-corrected chi connectivity index (χ3v) is 4.81. The molecule has 0 unspecified atom stereocenters. The van der Waals surface area contributed by atoms with Crippen LogP contribution in [0.3, 0.4) is 0 Å². The minimum absolute atomic E-state index is 0.171. The second-order valence-electron chi connectivity index (χ2n) is 6.64. The molecule has 1 aromatic carbocycles. The molecular formula is C19H22N6O. The molecule has 0 saturated carbocycles. The summed E-state index contributed by atoms with van der Waals surface area (Å²) in [6, 6.07) is 8.27. The first-order chi connectivity index (χ1) is 12.5. The maximum atomic E-state index is 12.6. The molecule has 0 radical (unpaired) electrons. The molecule has 0 aliphatic rings. The average Bonchev–Trinajstić information content (AvgIpc) is 3.15. The second kappa shape index (κ2) is 6.01. The fraction of sp³-hybridized carbons (Fsp3) is 0.316. The van der Waals surface area contributed by atoms with Gasteiger partial charge in [-0.3, -0.25) is 14.5 Å². The highest BCUT2D eigenvalue weighted by atomic mass is 16.1. The summed E-state index contributed by atoms with van der Waals surface area (Å²) in [6.07, 6.45) is 3.79. The molecule has 0 aliphatic carbocycles. The molecule has 0 bridgehead atoms. The molecule has 134 valence electrons. The standard InChI is InChI=1S/C19H22N6O/c1-5-6-14-16-17(25(4)22-14)18(26)21-19(20-16)24(3)13-7-8-15-12(11-13)9-10-23(15)2/h7-11H,5-6H2,1-4H3,(H,20,21,26). The lowest BCUT2D eigenvalue weighted by molar-refractivity contribution is 0.750. The van der Waals surface area contributed by atoms with Gasteiger partial charge in [-0.05, 0) is 30.7 Å². The van der Waals surface area contributed by atoms with E-state index in [4.69, 9.17) is 4.98 Å². The van der Waals surface area contributed by atoms with Crippen LogP contribution < -0.4 is 10.5 Å². The number of benzene rings is 1. The Kier molecular flexibility index (Phi) is 3.79. The van der Waals surface area contributed by atoms with Crippen molar-refractivity contribution in [2.45, 2.75) is 19.8 Å². The van der Waals surface area contributed by atoms with Gasteiger partial charge in [-0.15, -0.1) is 0 Å². The van der Waals surface area contributed by atoms with Crippen molar-refractivity contribution in [1.82, 2.24) is 24.3 Å². The third kappa shape index (κ3) is 2.47. The summed E-state index contributed by atoms with van der Waals surface area (Å²) in [6.45, 7) is 2.09. The van der Waals surface area contributed by atoms with Crippen LogP contribution in [0.1, 0.15) is 19.0 Å². The van der Waals surface area contributed by atoms with Crippen LogP contribution in [0.5, 0.6) is 0 Å². The topological polar surface area (TPSA) is 71.7 Å². The number of nitrogens with one attached hydrogen (secondary N) is 1. The van der Waals surface area contributed by atoms with E-state index in [2.05, 4.69) is 39.8 Å². The van der Waals surface area contributed by atoms with Crippen molar-refractivity contribution >= 4 is 33.6 Å². The second-order valence-corrected chi connectivity index (χ2v) is 6.64. The number of aryl methyl sites for hydroxylation is 3. The number of rotatable bonds is 4. The van der Waals surface area contributed by atoms with E-state index in [1.807, 2.05) is 31.3 Å². The van der Waals surface area contributed by atoms with Crippen molar-refractivity contribution < 1.29 is 0 Å². The van der Waals surface area contributed by atoms with Crippen LogP contribution in [0, 0.1) is 0 Å². The van der Waals surface area contributed by atoms with Crippen LogP contribution in [0.4, 0.5) is 11.6 Å². The van der Waals surface area contributed by atoms with E-state index in [1.165, 1.54) is 0 Å². The van der Waals surface area contributed by atoms with Crippen molar-refractivity contribution in [2.24, 2.45) is 14.1 Å². The van der Waals surface area contributed by atoms with Crippen molar-refractivity contribution in [1.29, 1.82) is 0 Å². The summed E-state index contributed by atoms with van der Waals surface area (Å²) >= 11 is 0. The van der Waals surface area contributed by atoms with Gasteiger partial charge in [0.1, 0.15) is 5.52 Å². The Morgan fingerprint density at radius 1 is 1.23 bits per heavy atom. The Balaban J connectivity index is 1.83. The number of aromatic nitrogens is 5. The van der Waals surface area contributed by atoms with E-state index < -0.39 is 0 Å².